The summed E-state index contributed by atoms with van der Waals surface area (Å²) in [6.45, 7) is 6.03. The molecule has 3 atom stereocenters. The van der Waals surface area contributed by atoms with Crippen LogP contribution in [-0.2, 0) is 37.2 Å². The lowest BCUT2D eigenvalue weighted by molar-refractivity contribution is -0.144. The average molecular weight is 515 g/mol. The number of esters is 2. The maximum absolute atomic E-state index is 13.0. The van der Waals surface area contributed by atoms with Crippen LogP contribution in [0.25, 0.3) is 11.2 Å². The van der Waals surface area contributed by atoms with Gasteiger partial charge in [-0.15, -0.1) is 0 Å². The molecule has 14 nitrogen and oxygen atoms in total. The second-order valence-electron chi connectivity index (χ2n) is 7.90. The molecule has 1 unspecified atom stereocenters. The Morgan fingerprint density at radius 1 is 1.26 bits per heavy atom. The van der Waals surface area contributed by atoms with E-state index in [1.54, 1.807) is 25.3 Å². The number of anilines is 1. The molecule has 0 aromatic carbocycles. The second-order valence-corrected chi connectivity index (χ2v) is 9.52. The van der Waals surface area contributed by atoms with Crippen LogP contribution in [0.3, 0.4) is 0 Å². The Morgan fingerprint density at radius 3 is 2.71 bits per heavy atom. The summed E-state index contributed by atoms with van der Waals surface area (Å²) in [5.41, 5.74) is 6.38. The van der Waals surface area contributed by atoms with Crippen LogP contribution in [0.1, 0.15) is 53.2 Å². The van der Waals surface area contributed by atoms with Crippen LogP contribution in [0, 0.1) is 0 Å². The molecule has 0 aliphatic carbocycles. The van der Waals surface area contributed by atoms with Gasteiger partial charge in [0.25, 0.3) is 5.88 Å². The van der Waals surface area contributed by atoms with Gasteiger partial charge in [-0.25, -0.2) is 9.55 Å². The molecule has 194 valence electrons. The molecule has 1 aliphatic rings. The van der Waals surface area contributed by atoms with Crippen molar-refractivity contribution in [2.24, 2.45) is 0 Å². The molecule has 0 bridgehead atoms. The zero-order chi connectivity index (χ0) is 25.6. The van der Waals surface area contributed by atoms with Crippen LogP contribution >= 0.6 is 7.82 Å². The number of nitrogens with two attached hydrogens (primary N) is 1. The van der Waals surface area contributed by atoms with Gasteiger partial charge < -0.3 is 19.9 Å². The number of fused-ring (bicyclic) bond motifs is 1. The minimum Gasteiger partial charge on any atom is -0.463 e. The molecule has 1 aliphatic heterocycles. The van der Waals surface area contributed by atoms with Crippen molar-refractivity contribution in [2.75, 3.05) is 25.6 Å². The number of carbonyl (C=O) groups excluding carboxylic acids is 2. The van der Waals surface area contributed by atoms with Gasteiger partial charge >= 0.3 is 19.8 Å². The highest BCUT2D eigenvalue weighted by Gasteiger charge is 2.34. The minimum absolute atomic E-state index is 0.0369. The molecule has 0 spiro atoms. The Morgan fingerprint density at radius 2 is 2.03 bits per heavy atom. The van der Waals surface area contributed by atoms with Gasteiger partial charge in [-0.05, 0) is 26.7 Å². The molecule has 0 amide bonds. The third-order valence-corrected chi connectivity index (χ3v) is 6.33. The van der Waals surface area contributed by atoms with E-state index in [4.69, 9.17) is 33.5 Å². The van der Waals surface area contributed by atoms with Crippen LogP contribution < -0.4 is 10.5 Å². The molecular formula is C20H30N5O9P. The van der Waals surface area contributed by atoms with Crippen molar-refractivity contribution >= 4 is 36.9 Å². The van der Waals surface area contributed by atoms with E-state index in [0.717, 1.165) is 0 Å². The summed E-state index contributed by atoms with van der Waals surface area (Å²) >= 11 is 0. The quantitative estimate of drug-likeness (QED) is 0.248. The zero-order valence-corrected chi connectivity index (χ0v) is 20.9. The lowest BCUT2D eigenvalue weighted by Crippen LogP contribution is -2.18. The third kappa shape index (κ3) is 7.42. The number of imidazole rings is 1. The molecular weight excluding hydrogens is 485 g/mol. The summed E-state index contributed by atoms with van der Waals surface area (Å²) in [5.74, 6) is -1.07. The van der Waals surface area contributed by atoms with Gasteiger partial charge in [0.15, 0.2) is 11.2 Å². The number of hydrogen-bond donors (Lipinski definition) is 1. The minimum atomic E-state index is -3.92. The van der Waals surface area contributed by atoms with Crippen LogP contribution in [0.15, 0.2) is 6.33 Å². The molecule has 2 aromatic rings. The van der Waals surface area contributed by atoms with E-state index >= 15 is 0 Å². The number of ether oxygens (including phenoxy) is 3. The third-order valence-electron chi connectivity index (χ3n) is 4.69. The first-order valence-electron chi connectivity index (χ1n) is 11.2. The fraction of sp³-hybridized carbons (Fsp3) is 0.650. The highest BCUT2D eigenvalue weighted by Crippen LogP contribution is 2.51. The van der Waals surface area contributed by atoms with Crippen molar-refractivity contribution in [2.45, 2.75) is 65.4 Å². The Balaban J connectivity index is 1.62. The van der Waals surface area contributed by atoms with Gasteiger partial charge in [-0.1, -0.05) is 6.92 Å². The van der Waals surface area contributed by atoms with Gasteiger partial charge in [0.05, 0.1) is 31.7 Å². The number of rotatable bonds is 12. The number of nitrogens with zero attached hydrogens (tertiary/aromatic N) is 4. The maximum atomic E-state index is 13.0. The van der Waals surface area contributed by atoms with Gasteiger partial charge in [0.2, 0.25) is 5.95 Å². The first-order chi connectivity index (χ1) is 16.6. The number of aromatic nitrogens is 4. The Hall–Kier alpha value is -2.64. The summed E-state index contributed by atoms with van der Waals surface area (Å²) in [6, 6.07) is 0. The van der Waals surface area contributed by atoms with Gasteiger partial charge in [-0.3, -0.25) is 27.7 Å². The normalized spacial score (nSPS) is 19.7. The average Bonchev–Trinajstić information content (AvgIpc) is 3.41. The fourth-order valence-electron chi connectivity index (χ4n) is 3.28. The Bertz CT molecular complexity index is 1090. The molecule has 0 saturated carbocycles. The molecule has 0 radical (unpaired) electrons. The molecule has 3 heterocycles. The smallest absolute Gasteiger partial charge is 0.463 e. The highest BCUT2D eigenvalue weighted by molar-refractivity contribution is 7.48. The highest BCUT2D eigenvalue weighted by atomic mass is 31.2. The van der Waals surface area contributed by atoms with Crippen molar-refractivity contribution in [3.05, 3.63) is 6.33 Å². The Kier molecular flexibility index (Phi) is 9.14. The standard InChI is InChI=1S/C20H30N5O9P/c1-5-16(27)29-8-9-30-35(28,34-12(2)3)31-10-14-6-7-15(33-14)25-11-22-17-18(25)23-20(21)24-19(17)32-13(4)26/h11-12,14-15H,5-10H2,1-4H3,(H2,21,23,24)/t14-,15+,35?/m0/s1. The van der Waals surface area contributed by atoms with Crippen LogP contribution in [0.5, 0.6) is 5.88 Å². The molecule has 1 fully saturated rings. The van der Waals surface area contributed by atoms with Crippen molar-refractivity contribution in [3.63, 3.8) is 0 Å². The number of phosphoric acid groups is 1. The van der Waals surface area contributed by atoms with E-state index in [-0.39, 0.29) is 43.6 Å². The molecule has 15 heteroatoms. The predicted molar refractivity (Wildman–Crippen MR) is 121 cm³/mol. The number of carbonyl (C=O) groups is 2. The monoisotopic (exact) mass is 515 g/mol. The topological polar surface area (TPSA) is 176 Å². The first kappa shape index (κ1) is 27.0. The molecule has 2 aromatic heterocycles. The maximum Gasteiger partial charge on any atom is 0.475 e. The van der Waals surface area contributed by atoms with Gasteiger partial charge in [0, 0.05) is 13.3 Å². The Labute approximate surface area is 202 Å². The van der Waals surface area contributed by atoms with Crippen LogP contribution in [0.2, 0.25) is 0 Å². The summed E-state index contributed by atoms with van der Waals surface area (Å²) in [6.07, 6.45) is 1.57. The van der Waals surface area contributed by atoms with Crippen molar-refractivity contribution in [3.8, 4) is 5.88 Å². The van der Waals surface area contributed by atoms with E-state index in [9.17, 15) is 14.2 Å². The van der Waals surface area contributed by atoms with E-state index in [1.165, 1.54) is 13.3 Å². The predicted octanol–water partition coefficient (Wildman–Crippen LogP) is 2.53. The van der Waals surface area contributed by atoms with E-state index in [2.05, 4.69) is 15.0 Å². The summed E-state index contributed by atoms with van der Waals surface area (Å²) in [5, 5.41) is 0. The summed E-state index contributed by atoms with van der Waals surface area (Å²) in [7, 11) is -3.92. The van der Waals surface area contributed by atoms with Crippen molar-refractivity contribution in [1.29, 1.82) is 0 Å². The molecule has 2 N–H and O–H groups in total. The van der Waals surface area contributed by atoms with Gasteiger partial charge in [-0.2, -0.15) is 9.97 Å². The SMILES string of the molecule is CCC(=O)OCCOP(=O)(OC[C@@H]1CC[C@H](n2cnc3c(OC(C)=O)nc(N)nc32)O1)OC(C)C. The van der Waals surface area contributed by atoms with E-state index in [0.29, 0.717) is 18.5 Å². The number of nitrogen functional groups attached to an aromatic ring is 1. The van der Waals surface area contributed by atoms with E-state index < -0.39 is 38.2 Å². The second kappa shape index (κ2) is 11.9. The molecule has 3 rings (SSSR count). The molecule has 35 heavy (non-hydrogen) atoms. The van der Waals surface area contributed by atoms with Crippen molar-refractivity contribution in [1.82, 2.24) is 19.5 Å². The largest absolute Gasteiger partial charge is 0.475 e. The van der Waals surface area contributed by atoms with Crippen LogP contribution in [0.4, 0.5) is 5.95 Å². The first-order valence-corrected chi connectivity index (χ1v) is 12.6. The van der Waals surface area contributed by atoms with Gasteiger partial charge in [0.1, 0.15) is 12.8 Å². The number of hydrogen-bond acceptors (Lipinski definition) is 13. The fourth-order valence-corrected chi connectivity index (χ4v) is 4.64. The van der Waals surface area contributed by atoms with Crippen molar-refractivity contribution < 1.29 is 41.9 Å². The number of phosphoric ester groups is 1. The summed E-state index contributed by atoms with van der Waals surface area (Å²) < 4.78 is 46.9. The summed E-state index contributed by atoms with van der Waals surface area (Å²) in [4.78, 5) is 34.9. The van der Waals surface area contributed by atoms with Crippen LogP contribution in [-0.4, -0.2) is 63.5 Å². The lowest BCUT2D eigenvalue weighted by atomic mass is 10.2. The molecule has 1 saturated heterocycles. The lowest BCUT2D eigenvalue weighted by Gasteiger charge is -2.22. The van der Waals surface area contributed by atoms with E-state index in [1.807, 2.05) is 0 Å². The zero-order valence-electron chi connectivity index (χ0n) is 20.0.